The van der Waals surface area contributed by atoms with Gasteiger partial charge in [0.05, 0.1) is 5.92 Å². The van der Waals surface area contributed by atoms with E-state index in [-0.39, 0.29) is 18.8 Å². The van der Waals surface area contributed by atoms with Crippen molar-refractivity contribution >= 4 is 5.84 Å². The number of benzene rings is 1. The van der Waals surface area contributed by atoms with Gasteiger partial charge in [0, 0.05) is 18.7 Å². The molecular weight excluding hydrogens is 267 g/mol. The van der Waals surface area contributed by atoms with Crippen LogP contribution in [0, 0.1) is 11.3 Å². The molecule has 0 bridgehead atoms. The summed E-state index contributed by atoms with van der Waals surface area (Å²) >= 11 is 0. The minimum atomic E-state index is -4.11. The van der Waals surface area contributed by atoms with Gasteiger partial charge in [0.15, 0.2) is 0 Å². The van der Waals surface area contributed by atoms with Crippen molar-refractivity contribution in [2.75, 3.05) is 13.1 Å². The Morgan fingerprint density at radius 3 is 2.80 bits per heavy atom. The summed E-state index contributed by atoms with van der Waals surface area (Å²) in [4.78, 5) is 1.82. The Labute approximate surface area is 116 Å². The number of halogens is 3. The van der Waals surface area contributed by atoms with Gasteiger partial charge in [0.25, 0.3) is 0 Å². The number of hydrogen-bond acceptors (Lipinski definition) is 2. The predicted molar refractivity (Wildman–Crippen MR) is 71.5 cm³/mol. The summed E-state index contributed by atoms with van der Waals surface area (Å²) in [5.41, 5.74) is 6.91. The maximum Gasteiger partial charge on any atom is 0.393 e. The van der Waals surface area contributed by atoms with Crippen LogP contribution in [0.25, 0.3) is 0 Å². The average molecular weight is 285 g/mol. The van der Waals surface area contributed by atoms with E-state index < -0.39 is 12.1 Å². The second-order valence-corrected chi connectivity index (χ2v) is 5.23. The van der Waals surface area contributed by atoms with Crippen LogP contribution >= 0.6 is 0 Å². The number of nitrogens with zero attached hydrogens (tertiary/aromatic N) is 1. The van der Waals surface area contributed by atoms with Crippen LogP contribution < -0.4 is 5.73 Å². The second kappa shape index (κ2) is 5.83. The normalized spacial score (nSPS) is 20.9. The first-order valence-electron chi connectivity index (χ1n) is 6.58. The van der Waals surface area contributed by atoms with Gasteiger partial charge in [-0.15, -0.1) is 0 Å². The van der Waals surface area contributed by atoms with E-state index in [9.17, 15) is 13.2 Å². The van der Waals surface area contributed by atoms with E-state index in [1.807, 2.05) is 11.0 Å². The minimum absolute atomic E-state index is 0.0290. The van der Waals surface area contributed by atoms with Crippen LogP contribution in [0.15, 0.2) is 24.3 Å². The molecule has 0 saturated carbocycles. The molecule has 1 fully saturated rings. The third-order valence-corrected chi connectivity index (χ3v) is 3.61. The number of amidine groups is 1. The molecule has 110 valence electrons. The summed E-state index contributed by atoms with van der Waals surface area (Å²) in [5, 5.41) is 7.38. The molecule has 1 aromatic rings. The number of nitrogens with two attached hydrogens (primary N) is 1. The fourth-order valence-corrected chi connectivity index (χ4v) is 2.56. The van der Waals surface area contributed by atoms with E-state index in [1.54, 1.807) is 18.2 Å². The van der Waals surface area contributed by atoms with Gasteiger partial charge in [-0.25, -0.2) is 0 Å². The number of piperidine rings is 1. The van der Waals surface area contributed by atoms with Gasteiger partial charge in [-0.3, -0.25) is 10.3 Å². The molecule has 3 N–H and O–H groups in total. The summed E-state index contributed by atoms with van der Waals surface area (Å²) < 4.78 is 38.3. The molecule has 1 aliphatic rings. The van der Waals surface area contributed by atoms with Crippen molar-refractivity contribution in [2.45, 2.75) is 25.6 Å². The van der Waals surface area contributed by atoms with E-state index in [4.69, 9.17) is 11.1 Å². The smallest absolute Gasteiger partial charge is 0.384 e. The SMILES string of the molecule is N=C(N)c1cccc(CN2CCCC(C(F)(F)F)C2)c1. The van der Waals surface area contributed by atoms with Crippen molar-refractivity contribution in [3.63, 3.8) is 0 Å². The number of rotatable bonds is 3. The van der Waals surface area contributed by atoms with Crippen LogP contribution in [-0.4, -0.2) is 30.0 Å². The lowest BCUT2D eigenvalue weighted by atomic mass is 9.97. The molecule has 0 radical (unpaired) electrons. The monoisotopic (exact) mass is 285 g/mol. The van der Waals surface area contributed by atoms with Crippen LogP contribution in [0.2, 0.25) is 0 Å². The molecular formula is C14H18F3N3. The molecule has 0 aromatic heterocycles. The zero-order chi connectivity index (χ0) is 14.8. The number of nitrogens with one attached hydrogen (secondary N) is 1. The molecule has 20 heavy (non-hydrogen) atoms. The van der Waals surface area contributed by atoms with E-state index in [0.717, 1.165) is 5.56 Å². The first-order chi connectivity index (χ1) is 9.36. The van der Waals surface area contributed by atoms with Gasteiger partial charge in [0.1, 0.15) is 5.84 Å². The standard InChI is InChI=1S/C14H18F3N3/c15-14(16,17)12-5-2-6-20(9-12)8-10-3-1-4-11(7-10)13(18)19/h1,3-4,7,12H,2,5-6,8-9H2,(H3,18,19). The number of likely N-dealkylation sites (tertiary alicyclic amines) is 1. The maximum absolute atomic E-state index is 12.8. The highest BCUT2D eigenvalue weighted by atomic mass is 19.4. The quantitative estimate of drug-likeness (QED) is 0.663. The van der Waals surface area contributed by atoms with Gasteiger partial charge in [-0.1, -0.05) is 18.2 Å². The van der Waals surface area contributed by atoms with E-state index in [2.05, 4.69) is 0 Å². The van der Waals surface area contributed by atoms with Crippen LogP contribution in [0.5, 0.6) is 0 Å². The summed E-state index contributed by atoms with van der Waals surface area (Å²) in [6.45, 7) is 1.19. The lowest BCUT2D eigenvalue weighted by Crippen LogP contribution is -2.41. The highest BCUT2D eigenvalue weighted by molar-refractivity contribution is 5.95. The molecule has 1 atom stereocenters. The van der Waals surface area contributed by atoms with Crippen molar-refractivity contribution in [2.24, 2.45) is 11.7 Å². The molecule has 0 amide bonds. The van der Waals surface area contributed by atoms with Crippen LogP contribution in [0.4, 0.5) is 13.2 Å². The predicted octanol–water partition coefficient (Wildman–Crippen LogP) is 2.74. The summed E-state index contributed by atoms with van der Waals surface area (Å²) in [7, 11) is 0. The minimum Gasteiger partial charge on any atom is -0.384 e. The van der Waals surface area contributed by atoms with Crippen molar-refractivity contribution < 1.29 is 13.2 Å². The Kier molecular flexibility index (Phi) is 4.32. The summed E-state index contributed by atoms with van der Waals surface area (Å²) in [6, 6.07) is 7.11. The van der Waals surface area contributed by atoms with E-state index in [1.165, 1.54) is 0 Å². The first-order valence-corrected chi connectivity index (χ1v) is 6.58. The van der Waals surface area contributed by atoms with Crippen molar-refractivity contribution in [1.82, 2.24) is 4.90 Å². The maximum atomic E-state index is 12.8. The summed E-state index contributed by atoms with van der Waals surface area (Å²) in [5.74, 6) is -1.26. The topological polar surface area (TPSA) is 53.1 Å². The molecule has 1 saturated heterocycles. The van der Waals surface area contributed by atoms with Crippen molar-refractivity contribution in [3.05, 3.63) is 35.4 Å². The lowest BCUT2D eigenvalue weighted by molar-refractivity contribution is -0.187. The molecule has 0 spiro atoms. The third-order valence-electron chi connectivity index (χ3n) is 3.61. The first kappa shape index (κ1) is 14.8. The highest BCUT2D eigenvalue weighted by Crippen LogP contribution is 2.33. The van der Waals surface area contributed by atoms with Crippen molar-refractivity contribution in [1.29, 1.82) is 5.41 Å². The Hall–Kier alpha value is -1.56. The second-order valence-electron chi connectivity index (χ2n) is 5.23. The number of alkyl halides is 3. The van der Waals surface area contributed by atoms with Gasteiger partial charge in [-0.2, -0.15) is 13.2 Å². The summed E-state index contributed by atoms with van der Waals surface area (Å²) in [6.07, 6.45) is -3.33. The Morgan fingerprint density at radius 1 is 1.40 bits per heavy atom. The van der Waals surface area contributed by atoms with Crippen LogP contribution in [0.1, 0.15) is 24.0 Å². The van der Waals surface area contributed by atoms with Crippen LogP contribution in [-0.2, 0) is 6.54 Å². The molecule has 6 heteroatoms. The molecule has 1 unspecified atom stereocenters. The highest BCUT2D eigenvalue weighted by Gasteiger charge is 2.41. The average Bonchev–Trinajstić information content (AvgIpc) is 2.38. The Morgan fingerprint density at radius 2 is 2.15 bits per heavy atom. The van der Waals surface area contributed by atoms with E-state index in [0.29, 0.717) is 25.1 Å². The fraction of sp³-hybridized carbons (Fsp3) is 0.500. The van der Waals surface area contributed by atoms with E-state index >= 15 is 0 Å². The Balaban J connectivity index is 2.03. The van der Waals surface area contributed by atoms with Gasteiger partial charge >= 0.3 is 6.18 Å². The number of nitrogen functional groups attached to an aromatic ring is 1. The molecule has 1 aliphatic heterocycles. The molecule has 2 rings (SSSR count). The lowest BCUT2D eigenvalue weighted by Gasteiger charge is -2.33. The van der Waals surface area contributed by atoms with Crippen molar-refractivity contribution in [3.8, 4) is 0 Å². The zero-order valence-electron chi connectivity index (χ0n) is 11.1. The zero-order valence-corrected chi connectivity index (χ0v) is 11.1. The molecule has 0 aliphatic carbocycles. The molecule has 1 heterocycles. The van der Waals surface area contributed by atoms with Gasteiger partial charge in [-0.05, 0) is 31.0 Å². The van der Waals surface area contributed by atoms with Gasteiger partial charge in [0.2, 0.25) is 0 Å². The van der Waals surface area contributed by atoms with Crippen LogP contribution in [0.3, 0.4) is 0 Å². The van der Waals surface area contributed by atoms with Gasteiger partial charge < -0.3 is 5.73 Å². The molecule has 3 nitrogen and oxygen atoms in total. The fourth-order valence-electron chi connectivity index (χ4n) is 2.56. The largest absolute Gasteiger partial charge is 0.393 e. The number of hydrogen-bond donors (Lipinski definition) is 2. The third kappa shape index (κ3) is 3.72. The Bertz CT molecular complexity index is 485. The molecule has 1 aromatic carbocycles.